The third-order valence-electron chi connectivity index (χ3n) is 2.59. The molecule has 2 N–H and O–H groups in total. The van der Waals surface area contributed by atoms with Crippen LogP contribution in [0.1, 0.15) is 25.5 Å². The van der Waals surface area contributed by atoms with Gasteiger partial charge in [-0.2, -0.15) is 13.2 Å². The summed E-state index contributed by atoms with van der Waals surface area (Å²) in [5.41, 5.74) is -0.414. The molecule has 0 radical (unpaired) electrons. The van der Waals surface area contributed by atoms with Crippen molar-refractivity contribution in [1.82, 2.24) is 15.0 Å². The lowest BCUT2D eigenvalue weighted by atomic mass is 10.1. The van der Waals surface area contributed by atoms with Crippen molar-refractivity contribution in [3.8, 4) is 0 Å². The molecule has 0 fully saturated rings. The van der Waals surface area contributed by atoms with Crippen LogP contribution in [-0.4, -0.2) is 17.4 Å². The highest BCUT2D eigenvalue weighted by Crippen LogP contribution is 2.28. The van der Waals surface area contributed by atoms with Crippen molar-refractivity contribution in [2.45, 2.75) is 36.9 Å². The van der Waals surface area contributed by atoms with Gasteiger partial charge in [0.2, 0.25) is 6.41 Å². The van der Waals surface area contributed by atoms with Crippen molar-refractivity contribution in [1.29, 1.82) is 0 Å². The number of aromatic nitrogens is 1. The van der Waals surface area contributed by atoms with Gasteiger partial charge in [-0.3, -0.25) is 14.5 Å². The van der Waals surface area contributed by atoms with E-state index in [4.69, 9.17) is 0 Å². The average molecular weight is 319 g/mol. The average Bonchev–Trinajstić information content (AvgIpc) is 2.43. The Morgan fingerprint density at radius 2 is 2.24 bits per heavy atom. The molecule has 1 rings (SSSR count). The Hall–Kier alpha value is -1.54. The second-order valence-electron chi connectivity index (χ2n) is 4.23. The van der Waals surface area contributed by atoms with E-state index in [1.54, 1.807) is 0 Å². The topological polar surface area (TPSA) is 54.0 Å². The number of rotatable bonds is 8. The number of hydrogen-bond acceptors (Lipinski definition) is 4. The van der Waals surface area contributed by atoms with Crippen LogP contribution in [0.3, 0.4) is 0 Å². The number of carbonyl (C=O) groups is 1. The van der Waals surface area contributed by atoms with Gasteiger partial charge in [-0.05, 0) is 30.5 Å². The maximum atomic E-state index is 12.4. The Kier molecular flexibility index (Phi) is 6.70. The lowest BCUT2D eigenvalue weighted by molar-refractivity contribution is -0.141. The molecular formula is C13H16F3N3OS. The molecule has 4 nitrogen and oxygen atoms in total. The highest BCUT2D eigenvalue weighted by Gasteiger charge is 2.32. The number of nitrogens with one attached hydrogen (secondary N) is 2. The van der Waals surface area contributed by atoms with Crippen LogP contribution in [-0.2, 0) is 11.0 Å². The van der Waals surface area contributed by atoms with Crippen molar-refractivity contribution in [3.05, 3.63) is 36.3 Å². The number of carbonyl (C=O) groups excluding carboxylic acids is 1. The summed E-state index contributed by atoms with van der Waals surface area (Å²) in [5, 5.41) is 2.48. The van der Waals surface area contributed by atoms with E-state index < -0.39 is 11.9 Å². The molecule has 1 atom stereocenters. The Labute approximate surface area is 125 Å². The third kappa shape index (κ3) is 5.76. The van der Waals surface area contributed by atoms with Gasteiger partial charge in [0.05, 0.1) is 6.04 Å². The van der Waals surface area contributed by atoms with Crippen LogP contribution in [0.5, 0.6) is 0 Å². The Morgan fingerprint density at radius 3 is 2.71 bits per heavy atom. The normalized spacial score (nSPS) is 12.8. The number of hydrogen-bond donors (Lipinski definition) is 2. The summed E-state index contributed by atoms with van der Waals surface area (Å²) in [5.74, 6) is 0. The molecule has 0 saturated heterocycles. The summed E-state index contributed by atoms with van der Waals surface area (Å²) in [7, 11) is 0. The van der Waals surface area contributed by atoms with Gasteiger partial charge in [-0.1, -0.05) is 19.9 Å². The van der Waals surface area contributed by atoms with Gasteiger partial charge >= 0.3 is 6.18 Å². The zero-order chi connectivity index (χ0) is 15.9. The monoisotopic (exact) mass is 319 g/mol. The number of amides is 1. The fraction of sp³-hybridized carbons (Fsp3) is 0.385. The minimum absolute atomic E-state index is 0.174. The molecule has 1 aromatic heterocycles. The Bertz CT molecular complexity index is 477. The number of halogens is 3. The highest BCUT2D eigenvalue weighted by molar-refractivity contribution is 7.97. The summed E-state index contributed by atoms with van der Waals surface area (Å²) < 4.78 is 40.2. The van der Waals surface area contributed by atoms with E-state index in [-0.39, 0.29) is 6.04 Å². The fourth-order valence-corrected chi connectivity index (χ4v) is 2.30. The summed E-state index contributed by atoms with van der Waals surface area (Å²) in [6.07, 6.45) is -1.15. The quantitative estimate of drug-likeness (QED) is 0.571. The zero-order valence-electron chi connectivity index (χ0n) is 11.4. The molecule has 0 bridgehead atoms. The van der Waals surface area contributed by atoms with Crippen LogP contribution in [0, 0.1) is 0 Å². The fourth-order valence-electron chi connectivity index (χ4n) is 1.52. The molecule has 1 unspecified atom stereocenters. The third-order valence-corrected chi connectivity index (χ3v) is 3.47. The van der Waals surface area contributed by atoms with Crippen LogP contribution < -0.4 is 10.0 Å². The van der Waals surface area contributed by atoms with Crippen LogP contribution in [0.25, 0.3) is 0 Å². The molecule has 1 heterocycles. The van der Waals surface area contributed by atoms with Crippen LogP contribution in [0.15, 0.2) is 35.5 Å². The van der Waals surface area contributed by atoms with Crippen LogP contribution >= 0.6 is 11.9 Å². The van der Waals surface area contributed by atoms with Crippen LogP contribution in [0.2, 0.25) is 0 Å². The van der Waals surface area contributed by atoms with Gasteiger partial charge in [0.25, 0.3) is 0 Å². The van der Waals surface area contributed by atoms with E-state index in [1.807, 2.05) is 6.92 Å². The van der Waals surface area contributed by atoms with Gasteiger partial charge in [-0.15, -0.1) is 0 Å². The SMILES string of the molecule is C=C(NC=O)C(CCC)NSc1ccc(C(F)(F)F)nc1. The maximum Gasteiger partial charge on any atom is 0.433 e. The van der Waals surface area contributed by atoms with Crippen molar-refractivity contribution in [2.24, 2.45) is 0 Å². The smallest absolute Gasteiger partial charge is 0.331 e. The van der Waals surface area contributed by atoms with E-state index >= 15 is 0 Å². The van der Waals surface area contributed by atoms with Gasteiger partial charge in [0.1, 0.15) is 5.69 Å². The molecule has 0 aliphatic carbocycles. The molecule has 0 aromatic carbocycles. The van der Waals surface area contributed by atoms with Gasteiger partial charge in [0, 0.05) is 16.8 Å². The summed E-state index contributed by atoms with van der Waals surface area (Å²) >= 11 is 1.15. The number of alkyl halides is 3. The van der Waals surface area contributed by atoms with Crippen molar-refractivity contribution >= 4 is 18.4 Å². The lowest BCUT2D eigenvalue weighted by Crippen LogP contribution is -2.31. The molecular weight excluding hydrogens is 303 g/mol. The van der Waals surface area contributed by atoms with E-state index in [0.717, 1.165) is 37.1 Å². The molecule has 0 spiro atoms. The largest absolute Gasteiger partial charge is 0.433 e. The minimum Gasteiger partial charge on any atom is -0.331 e. The summed E-state index contributed by atoms with van der Waals surface area (Å²) in [6, 6.07) is 2.09. The maximum absolute atomic E-state index is 12.4. The predicted molar refractivity (Wildman–Crippen MR) is 75.3 cm³/mol. The highest BCUT2D eigenvalue weighted by atomic mass is 32.2. The number of nitrogens with zero attached hydrogens (tertiary/aromatic N) is 1. The van der Waals surface area contributed by atoms with E-state index in [9.17, 15) is 18.0 Å². The van der Waals surface area contributed by atoms with E-state index in [2.05, 4.69) is 21.6 Å². The minimum atomic E-state index is -4.44. The summed E-state index contributed by atoms with van der Waals surface area (Å²) in [4.78, 5) is 14.3. The second kappa shape index (κ2) is 8.04. The van der Waals surface area contributed by atoms with E-state index in [1.165, 1.54) is 6.07 Å². The first-order valence-corrected chi connectivity index (χ1v) is 7.04. The standard InChI is InChI=1S/C13H16F3N3OS/c1-3-4-11(9(2)18-8-20)19-21-10-5-6-12(17-7-10)13(14,15)16/h5-8,11,19H,2-4H2,1H3,(H,18,20). The zero-order valence-corrected chi connectivity index (χ0v) is 12.2. The molecule has 21 heavy (non-hydrogen) atoms. The Balaban J connectivity index is 2.63. The first kappa shape index (κ1) is 17.5. The molecule has 0 aliphatic heterocycles. The number of pyridine rings is 1. The van der Waals surface area contributed by atoms with Gasteiger partial charge < -0.3 is 5.32 Å². The van der Waals surface area contributed by atoms with Gasteiger partial charge in [-0.25, -0.2) is 0 Å². The molecule has 1 amide bonds. The van der Waals surface area contributed by atoms with Crippen molar-refractivity contribution in [3.63, 3.8) is 0 Å². The molecule has 1 aromatic rings. The van der Waals surface area contributed by atoms with Crippen LogP contribution in [0.4, 0.5) is 13.2 Å². The van der Waals surface area contributed by atoms with Crippen molar-refractivity contribution < 1.29 is 18.0 Å². The second-order valence-corrected chi connectivity index (χ2v) is 5.14. The Morgan fingerprint density at radius 1 is 1.52 bits per heavy atom. The molecule has 8 heteroatoms. The summed E-state index contributed by atoms with van der Waals surface area (Å²) in [6.45, 7) is 5.72. The van der Waals surface area contributed by atoms with E-state index in [0.29, 0.717) is 17.0 Å². The van der Waals surface area contributed by atoms with Crippen molar-refractivity contribution in [2.75, 3.05) is 0 Å². The first-order chi connectivity index (χ1) is 9.88. The molecule has 0 aliphatic rings. The molecule has 116 valence electrons. The van der Waals surface area contributed by atoms with Gasteiger partial charge in [0.15, 0.2) is 0 Å². The lowest BCUT2D eigenvalue weighted by Gasteiger charge is -2.19. The molecule has 0 saturated carbocycles. The predicted octanol–water partition coefficient (Wildman–Crippen LogP) is 3.13. The first-order valence-electron chi connectivity index (χ1n) is 6.23.